The summed E-state index contributed by atoms with van der Waals surface area (Å²) in [6.07, 6.45) is 6.27. The van der Waals surface area contributed by atoms with E-state index < -0.39 is 0 Å². The molecule has 0 atom stereocenters. The van der Waals surface area contributed by atoms with E-state index in [1.54, 1.807) is 24.4 Å². The number of fused-ring (bicyclic) bond motifs is 2. The maximum atomic E-state index is 13.7. The number of para-hydroxylation sites is 1. The zero-order valence-electron chi connectivity index (χ0n) is 19.3. The normalized spacial score (nSPS) is 11.7. The first kappa shape index (κ1) is 23.2. The van der Waals surface area contributed by atoms with E-state index in [9.17, 15) is 9.18 Å². The summed E-state index contributed by atoms with van der Waals surface area (Å²) in [5.41, 5.74) is 3.23. The van der Waals surface area contributed by atoms with E-state index in [0.717, 1.165) is 39.3 Å². The highest BCUT2D eigenvalue weighted by Crippen LogP contribution is 2.22. The van der Waals surface area contributed by atoms with Crippen molar-refractivity contribution < 1.29 is 4.39 Å². The molecule has 7 heteroatoms. The van der Waals surface area contributed by atoms with Gasteiger partial charge in [-0.05, 0) is 48.4 Å². The molecule has 176 valence electrons. The van der Waals surface area contributed by atoms with Crippen LogP contribution in [-0.2, 0) is 13.0 Å². The lowest BCUT2D eigenvalue weighted by Crippen LogP contribution is -2.22. The van der Waals surface area contributed by atoms with E-state index in [1.165, 1.54) is 10.7 Å². The Balaban J connectivity index is 1.59. The molecule has 3 aromatic carbocycles. The number of aryl methyl sites for hydroxylation is 1. The minimum Gasteiger partial charge on any atom is -0.342 e. The standard InChI is InChI=1S/C28H24BrFN4O/c1-2-3-11-27-32-25-13-12-21(29)15-24(25)28(35)34(27)31-16-20-18-33(26-10-5-4-9-23(20)26)17-19-7-6-8-22(30)14-19/h4-10,12-16,18H,2-3,11,17H2,1H3. The van der Waals surface area contributed by atoms with E-state index in [1.807, 2.05) is 48.7 Å². The Labute approximate surface area is 210 Å². The molecule has 35 heavy (non-hydrogen) atoms. The molecule has 0 bridgehead atoms. The molecule has 5 rings (SSSR count). The molecule has 0 aliphatic heterocycles. The Morgan fingerprint density at radius 1 is 1.06 bits per heavy atom. The lowest BCUT2D eigenvalue weighted by molar-refractivity contribution is 0.624. The SMILES string of the molecule is CCCCc1nc2ccc(Br)cc2c(=O)n1N=Cc1cn(Cc2cccc(F)c2)c2ccccc12. The van der Waals surface area contributed by atoms with Crippen LogP contribution in [0.4, 0.5) is 4.39 Å². The summed E-state index contributed by atoms with van der Waals surface area (Å²) in [5.74, 6) is 0.390. The van der Waals surface area contributed by atoms with Gasteiger partial charge in [-0.25, -0.2) is 9.37 Å². The zero-order valence-corrected chi connectivity index (χ0v) is 20.9. The van der Waals surface area contributed by atoms with Crippen LogP contribution >= 0.6 is 15.9 Å². The van der Waals surface area contributed by atoms with Crippen molar-refractivity contribution in [3.8, 4) is 0 Å². The first-order valence-corrected chi connectivity index (χ1v) is 12.4. The minimum absolute atomic E-state index is 0.192. The summed E-state index contributed by atoms with van der Waals surface area (Å²) in [7, 11) is 0. The molecule has 5 aromatic rings. The number of benzene rings is 3. The van der Waals surface area contributed by atoms with Crippen molar-refractivity contribution in [3.63, 3.8) is 0 Å². The second-order valence-electron chi connectivity index (χ2n) is 8.51. The molecule has 2 heterocycles. The quantitative estimate of drug-likeness (QED) is 0.225. The third-order valence-corrected chi connectivity index (χ3v) is 6.50. The highest BCUT2D eigenvalue weighted by atomic mass is 79.9. The lowest BCUT2D eigenvalue weighted by atomic mass is 10.2. The van der Waals surface area contributed by atoms with Crippen LogP contribution in [0.25, 0.3) is 21.8 Å². The van der Waals surface area contributed by atoms with Gasteiger partial charge in [-0.2, -0.15) is 9.78 Å². The second kappa shape index (κ2) is 9.96. The largest absolute Gasteiger partial charge is 0.342 e. The van der Waals surface area contributed by atoms with Crippen molar-refractivity contribution in [1.82, 2.24) is 14.2 Å². The number of unbranched alkanes of at least 4 members (excludes halogenated alkanes) is 1. The molecule has 0 amide bonds. The van der Waals surface area contributed by atoms with Crippen LogP contribution in [0.5, 0.6) is 0 Å². The van der Waals surface area contributed by atoms with Crippen LogP contribution in [0.2, 0.25) is 0 Å². The number of rotatable bonds is 7. The molecule has 0 spiro atoms. The number of halogens is 2. The predicted molar refractivity (Wildman–Crippen MR) is 143 cm³/mol. The number of hydrogen-bond donors (Lipinski definition) is 0. The van der Waals surface area contributed by atoms with E-state index in [4.69, 9.17) is 4.98 Å². The molecule has 5 nitrogen and oxygen atoms in total. The minimum atomic E-state index is -0.254. The number of aromatic nitrogens is 3. The van der Waals surface area contributed by atoms with Gasteiger partial charge in [-0.1, -0.05) is 59.6 Å². The van der Waals surface area contributed by atoms with Crippen molar-refractivity contribution in [3.05, 3.63) is 111 Å². The molecule has 0 saturated heterocycles. The fourth-order valence-corrected chi connectivity index (χ4v) is 4.63. The summed E-state index contributed by atoms with van der Waals surface area (Å²) >= 11 is 3.45. The Hall–Kier alpha value is -3.58. The van der Waals surface area contributed by atoms with E-state index in [-0.39, 0.29) is 11.4 Å². The van der Waals surface area contributed by atoms with Crippen LogP contribution < -0.4 is 5.56 Å². The summed E-state index contributed by atoms with van der Waals surface area (Å²) < 4.78 is 18.0. The Morgan fingerprint density at radius 2 is 1.91 bits per heavy atom. The molecule has 0 aliphatic rings. The smallest absolute Gasteiger partial charge is 0.282 e. The Bertz CT molecular complexity index is 1620. The van der Waals surface area contributed by atoms with Crippen molar-refractivity contribution in [2.75, 3.05) is 0 Å². The first-order valence-electron chi connectivity index (χ1n) is 11.6. The molecule has 0 radical (unpaired) electrons. The number of nitrogens with zero attached hydrogens (tertiary/aromatic N) is 4. The van der Waals surface area contributed by atoms with E-state index >= 15 is 0 Å². The van der Waals surface area contributed by atoms with Crippen LogP contribution in [0.1, 0.15) is 36.7 Å². The van der Waals surface area contributed by atoms with Gasteiger partial charge in [0.1, 0.15) is 11.6 Å². The zero-order chi connectivity index (χ0) is 24.4. The molecular weight excluding hydrogens is 507 g/mol. The highest BCUT2D eigenvalue weighted by molar-refractivity contribution is 9.10. The second-order valence-corrected chi connectivity index (χ2v) is 9.43. The lowest BCUT2D eigenvalue weighted by Gasteiger charge is -2.09. The summed E-state index contributed by atoms with van der Waals surface area (Å²) in [4.78, 5) is 18.1. The van der Waals surface area contributed by atoms with E-state index in [2.05, 4.69) is 32.5 Å². The van der Waals surface area contributed by atoms with Gasteiger partial charge in [0.25, 0.3) is 5.56 Å². The fourth-order valence-electron chi connectivity index (χ4n) is 4.27. The van der Waals surface area contributed by atoms with Crippen LogP contribution in [0.3, 0.4) is 0 Å². The van der Waals surface area contributed by atoms with Gasteiger partial charge in [0.15, 0.2) is 0 Å². The van der Waals surface area contributed by atoms with Crippen molar-refractivity contribution >= 4 is 44.0 Å². The van der Waals surface area contributed by atoms with Crippen LogP contribution in [0, 0.1) is 5.82 Å². The molecule has 0 saturated carbocycles. The topological polar surface area (TPSA) is 52.2 Å². The average Bonchev–Trinajstić information content (AvgIpc) is 3.20. The molecule has 2 aromatic heterocycles. The fraction of sp³-hybridized carbons (Fsp3) is 0.179. The Morgan fingerprint density at radius 3 is 2.74 bits per heavy atom. The summed E-state index contributed by atoms with van der Waals surface area (Å²) in [6, 6.07) is 20.1. The average molecular weight is 531 g/mol. The third kappa shape index (κ3) is 4.82. The van der Waals surface area contributed by atoms with Crippen molar-refractivity contribution in [2.24, 2.45) is 5.10 Å². The van der Waals surface area contributed by atoms with Gasteiger partial charge in [-0.3, -0.25) is 4.79 Å². The first-order chi connectivity index (χ1) is 17.0. The molecule has 0 N–H and O–H groups in total. The maximum absolute atomic E-state index is 13.7. The number of hydrogen-bond acceptors (Lipinski definition) is 3. The monoisotopic (exact) mass is 530 g/mol. The molecule has 0 aliphatic carbocycles. The Kier molecular flexibility index (Phi) is 6.59. The maximum Gasteiger partial charge on any atom is 0.282 e. The van der Waals surface area contributed by atoms with Crippen LogP contribution in [0.15, 0.2) is 87.3 Å². The molecule has 0 unspecified atom stereocenters. The van der Waals surface area contributed by atoms with Gasteiger partial charge in [0.2, 0.25) is 0 Å². The third-order valence-electron chi connectivity index (χ3n) is 6.00. The van der Waals surface area contributed by atoms with E-state index in [0.29, 0.717) is 29.7 Å². The predicted octanol–water partition coefficient (Wildman–Crippen LogP) is 6.53. The van der Waals surface area contributed by atoms with Crippen molar-refractivity contribution in [1.29, 1.82) is 0 Å². The summed E-state index contributed by atoms with van der Waals surface area (Å²) in [5, 5.41) is 6.15. The van der Waals surface area contributed by atoms with Gasteiger partial charge in [0, 0.05) is 40.1 Å². The van der Waals surface area contributed by atoms with Crippen LogP contribution in [-0.4, -0.2) is 20.4 Å². The highest BCUT2D eigenvalue weighted by Gasteiger charge is 2.12. The van der Waals surface area contributed by atoms with Gasteiger partial charge < -0.3 is 4.57 Å². The van der Waals surface area contributed by atoms with Gasteiger partial charge in [-0.15, -0.1) is 0 Å². The molecular formula is C28H24BrFN4O. The molecule has 0 fully saturated rings. The van der Waals surface area contributed by atoms with Gasteiger partial charge in [0.05, 0.1) is 17.1 Å². The summed E-state index contributed by atoms with van der Waals surface area (Å²) in [6.45, 7) is 2.64. The van der Waals surface area contributed by atoms with Gasteiger partial charge >= 0.3 is 0 Å². The van der Waals surface area contributed by atoms with Crippen molar-refractivity contribution in [2.45, 2.75) is 32.7 Å².